The standard InChI is InChI=1S/C20H16O4/c21-20(22)16-5-4-8-19(13-16)23-14-15-9-11-18(12-10-15)24-17-6-2-1-3-7-17/h1-13H,14H2,(H,21,22). The predicted molar refractivity (Wildman–Crippen MR) is 90.7 cm³/mol. The first-order valence-electron chi connectivity index (χ1n) is 7.49. The van der Waals surface area contributed by atoms with Crippen molar-refractivity contribution in [2.75, 3.05) is 0 Å². The van der Waals surface area contributed by atoms with Crippen molar-refractivity contribution in [2.24, 2.45) is 0 Å². The highest BCUT2D eigenvalue weighted by atomic mass is 16.5. The molecule has 1 N–H and O–H groups in total. The number of hydrogen-bond acceptors (Lipinski definition) is 3. The second-order valence-electron chi connectivity index (χ2n) is 5.18. The van der Waals surface area contributed by atoms with E-state index in [4.69, 9.17) is 14.6 Å². The van der Waals surface area contributed by atoms with Gasteiger partial charge in [-0.3, -0.25) is 0 Å². The molecule has 0 saturated heterocycles. The van der Waals surface area contributed by atoms with Crippen LogP contribution in [-0.2, 0) is 6.61 Å². The molecule has 0 aliphatic carbocycles. The topological polar surface area (TPSA) is 55.8 Å². The molecule has 120 valence electrons. The first-order chi connectivity index (χ1) is 11.7. The van der Waals surface area contributed by atoms with Crippen LogP contribution in [0, 0.1) is 0 Å². The Kier molecular flexibility index (Phi) is 4.77. The van der Waals surface area contributed by atoms with E-state index in [-0.39, 0.29) is 5.56 Å². The smallest absolute Gasteiger partial charge is 0.335 e. The van der Waals surface area contributed by atoms with Crippen molar-refractivity contribution in [1.82, 2.24) is 0 Å². The van der Waals surface area contributed by atoms with Gasteiger partial charge in [0.15, 0.2) is 0 Å². The number of carboxylic acids is 1. The van der Waals surface area contributed by atoms with Crippen molar-refractivity contribution >= 4 is 5.97 Å². The van der Waals surface area contributed by atoms with Gasteiger partial charge >= 0.3 is 5.97 Å². The van der Waals surface area contributed by atoms with Crippen LogP contribution in [-0.4, -0.2) is 11.1 Å². The minimum Gasteiger partial charge on any atom is -0.489 e. The first-order valence-corrected chi connectivity index (χ1v) is 7.49. The summed E-state index contributed by atoms with van der Waals surface area (Å²) in [7, 11) is 0. The summed E-state index contributed by atoms with van der Waals surface area (Å²) in [6.07, 6.45) is 0. The number of para-hydroxylation sites is 1. The van der Waals surface area contributed by atoms with Gasteiger partial charge in [-0.25, -0.2) is 4.79 Å². The molecule has 0 aliphatic rings. The molecule has 0 bridgehead atoms. The Bertz CT molecular complexity index is 811. The molecule has 4 nitrogen and oxygen atoms in total. The van der Waals surface area contributed by atoms with E-state index in [1.807, 2.05) is 54.6 Å². The van der Waals surface area contributed by atoms with Gasteiger partial charge in [-0.15, -0.1) is 0 Å². The van der Waals surface area contributed by atoms with Crippen LogP contribution in [0.25, 0.3) is 0 Å². The van der Waals surface area contributed by atoms with E-state index < -0.39 is 5.97 Å². The molecular formula is C20H16O4. The fraction of sp³-hybridized carbons (Fsp3) is 0.0500. The largest absolute Gasteiger partial charge is 0.489 e. The molecule has 0 unspecified atom stereocenters. The molecule has 4 heteroatoms. The maximum absolute atomic E-state index is 10.9. The molecule has 0 saturated carbocycles. The summed E-state index contributed by atoms with van der Waals surface area (Å²) in [5, 5.41) is 8.98. The molecule has 0 radical (unpaired) electrons. The van der Waals surface area contributed by atoms with E-state index in [9.17, 15) is 4.79 Å². The van der Waals surface area contributed by atoms with Gasteiger partial charge in [0.05, 0.1) is 5.56 Å². The average molecular weight is 320 g/mol. The van der Waals surface area contributed by atoms with Crippen LogP contribution in [0.2, 0.25) is 0 Å². The van der Waals surface area contributed by atoms with Gasteiger partial charge in [0, 0.05) is 0 Å². The van der Waals surface area contributed by atoms with Gasteiger partial charge in [-0.05, 0) is 48.0 Å². The molecular weight excluding hydrogens is 304 g/mol. The van der Waals surface area contributed by atoms with E-state index in [1.165, 1.54) is 12.1 Å². The Morgan fingerprint density at radius 2 is 1.46 bits per heavy atom. The molecule has 0 fully saturated rings. The molecule has 3 rings (SSSR count). The predicted octanol–water partition coefficient (Wildman–Crippen LogP) is 4.76. The Balaban J connectivity index is 1.60. The van der Waals surface area contributed by atoms with Crippen LogP contribution in [0.1, 0.15) is 15.9 Å². The zero-order chi connectivity index (χ0) is 16.8. The minimum atomic E-state index is -0.970. The van der Waals surface area contributed by atoms with E-state index in [1.54, 1.807) is 12.1 Å². The van der Waals surface area contributed by atoms with Crippen molar-refractivity contribution in [1.29, 1.82) is 0 Å². The Morgan fingerprint density at radius 1 is 0.792 bits per heavy atom. The molecule has 0 aromatic heterocycles. The first kappa shape index (κ1) is 15.6. The summed E-state index contributed by atoms with van der Waals surface area (Å²) < 4.78 is 11.4. The fourth-order valence-corrected chi connectivity index (χ4v) is 2.16. The zero-order valence-electron chi connectivity index (χ0n) is 12.9. The normalized spacial score (nSPS) is 10.2. The highest BCUT2D eigenvalue weighted by Gasteiger charge is 2.04. The third-order valence-electron chi connectivity index (χ3n) is 3.39. The van der Waals surface area contributed by atoms with E-state index in [0.29, 0.717) is 12.4 Å². The number of aromatic carboxylic acids is 1. The highest BCUT2D eigenvalue weighted by molar-refractivity contribution is 5.87. The van der Waals surface area contributed by atoms with Gasteiger partial charge in [-0.2, -0.15) is 0 Å². The lowest BCUT2D eigenvalue weighted by molar-refractivity contribution is 0.0696. The zero-order valence-corrected chi connectivity index (χ0v) is 12.9. The minimum absolute atomic E-state index is 0.208. The van der Waals surface area contributed by atoms with Gasteiger partial charge in [-0.1, -0.05) is 36.4 Å². The van der Waals surface area contributed by atoms with Crippen LogP contribution < -0.4 is 9.47 Å². The fourth-order valence-electron chi connectivity index (χ4n) is 2.16. The van der Waals surface area contributed by atoms with E-state index >= 15 is 0 Å². The monoisotopic (exact) mass is 320 g/mol. The maximum Gasteiger partial charge on any atom is 0.335 e. The number of hydrogen-bond donors (Lipinski definition) is 1. The van der Waals surface area contributed by atoms with Crippen LogP contribution >= 0.6 is 0 Å². The van der Waals surface area contributed by atoms with E-state index in [0.717, 1.165) is 17.1 Å². The molecule has 0 amide bonds. The number of carboxylic acid groups (broad SMARTS) is 1. The van der Waals surface area contributed by atoms with Crippen molar-refractivity contribution in [3.8, 4) is 17.2 Å². The Hall–Kier alpha value is -3.27. The molecule has 3 aromatic rings. The van der Waals surface area contributed by atoms with Gasteiger partial charge in [0.2, 0.25) is 0 Å². The molecule has 24 heavy (non-hydrogen) atoms. The summed E-state index contributed by atoms with van der Waals surface area (Å²) >= 11 is 0. The molecule has 3 aromatic carbocycles. The molecule has 0 heterocycles. The lowest BCUT2D eigenvalue weighted by atomic mass is 10.2. The number of carbonyl (C=O) groups is 1. The second-order valence-corrected chi connectivity index (χ2v) is 5.18. The van der Waals surface area contributed by atoms with Gasteiger partial charge < -0.3 is 14.6 Å². The van der Waals surface area contributed by atoms with Crippen molar-refractivity contribution in [3.05, 3.63) is 90.0 Å². The second kappa shape index (κ2) is 7.33. The lowest BCUT2D eigenvalue weighted by Crippen LogP contribution is -1.99. The van der Waals surface area contributed by atoms with Crippen LogP contribution in [0.15, 0.2) is 78.9 Å². The molecule has 0 aliphatic heterocycles. The van der Waals surface area contributed by atoms with Crippen molar-refractivity contribution in [3.63, 3.8) is 0 Å². The quantitative estimate of drug-likeness (QED) is 0.711. The van der Waals surface area contributed by atoms with Crippen LogP contribution in [0.5, 0.6) is 17.2 Å². The van der Waals surface area contributed by atoms with Gasteiger partial charge in [0.1, 0.15) is 23.9 Å². The number of ether oxygens (including phenoxy) is 2. The Morgan fingerprint density at radius 3 is 2.17 bits per heavy atom. The summed E-state index contributed by atoms with van der Waals surface area (Å²) in [6.45, 7) is 0.356. The van der Waals surface area contributed by atoms with Gasteiger partial charge in [0.25, 0.3) is 0 Å². The lowest BCUT2D eigenvalue weighted by Gasteiger charge is -2.09. The van der Waals surface area contributed by atoms with Crippen molar-refractivity contribution < 1.29 is 19.4 Å². The van der Waals surface area contributed by atoms with Crippen LogP contribution in [0.3, 0.4) is 0 Å². The van der Waals surface area contributed by atoms with Crippen LogP contribution in [0.4, 0.5) is 0 Å². The average Bonchev–Trinajstić information content (AvgIpc) is 2.62. The summed E-state index contributed by atoms with van der Waals surface area (Å²) in [5.74, 6) is 1.09. The number of rotatable bonds is 6. The number of benzene rings is 3. The molecule has 0 spiro atoms. The maximum atomic E-state index is 10.9. The molecule has 0 atom stereocenters. The SMILES string of the molecule is O=C(O)c1cccc(OCc2ccc(Oc3ccccc3)cc2)c1. The Labute approximate surface area is 139 Å². The third kappa shape index (κ3) is 4.14. The summed E-state index contributed by atoms with van der Waals surface area (Å²) in [6, 6.07) is 23.6. The third-order valence-corrected chi connectivity index (χ3v) is 3.39. The summed E-state index contributed by atoms with van der Waals surface area (Å²) in [4.78, 5) is 10.9. The van der Waals surface area contributed by atoms with Crippen molar-refractivity contribution in [2.45, 2.75) is 6.61 Å². The summed E-state index contributed by atoms with van der Waals surface area (Å²) in [5.41, 5.74) is 1.18. The van der Waals surface area contributed by atoms with E-state index in [2.05, 4.69) is 0 Å². The highest BCUT2D eigenvalue weighted by Crippen LogP contribution is 2.22.